The molecule has 126 valence electrons. The van der Waals surface area contributed by atoms with E-state index in [0.29, 0.717) is 31.6 Å². The maximum Gasteiger partial charge on any atom is 0.254 e. The van der Waals surface area contributed by atoms with Gasteiger partial charge < -0.3 is 16.4 Å². The standard InChI is InChI=1S/C18H20FN3O2/c19-16-5-2-1-4-15(16)18(24)22-11-3-10-21-17(23)14-8-6-13(12-20)7-9-14/h1-2,4-9H,3,10-12,20H2,(H,21,23)(H,22,24). The van der Waals surface area contributed by atoms with Gasteiger partial charge in [0.1, 0.15) is 5.82 Å². The van der Waals surface area contributed by atoms with Crippen LogP contribution in [0, 0.1) is 5.82 Å². The third-order valence-electron chi connectivity index (χ3n) is 3.49. The molecule has 0 spiro atoms. The van der Waals surface area contributed by atoms with Crippen LogP contribution in [0.25, 0.3) is 0 Å². The summed E-state index contributed by atoms with van der Waals surface area (Å²) in [5, 5.41) is 5.39. The molecule has 0 unspecified atom stereocenters. The molecule has 5 nitrogen and oxygen atoms in total. The van der Waals surface area contributed by atoms with Crippen molar-refractivity contribution < 1.29 is 14.0 Å². The Kier molecular flexibility index (Phi) is 6.45. The summed E-state index contributed by atoms with van der Waals surface area (Å²) in [6.07, 6.45) is 0.548. The molecule has 0 heterocycles. The van der Waals surface area contributed by atoms with E-state index in [1.54, 1.807) is 18.2 Å². The fraction of sp³-hybridized carbons (Fsp3) is 0.222. The second-order valence-corrected chi connectivity index (χ2v) is 5.25. The quantitative estimate of drug-likeness (QED) is 0.678. The fourth-order valence-electron chi connectivity index (χ4n) is 2.13. The van der Waals surface area contributed by atoms with Crippen LogP contribution in [0.4, 0.5) is 4.39 Å². The lowest BCUT2D eigenvalue weighted by Gasteiger charge is -2.08. The monoisotopic (exact) mass is 329 g/mol. The molecule has 2 amide bonds. The Labute approximate surface area is 140 Å². The molecule has 2 aromatic rings. The number of halogens is 1. The van der Waals surface area contributed by atoms with Gasteiger partial charge in [0.15, 0.2) is 0 Å². The van der Waals surface area contributed by atoms with Gasteiger partial charge >= 0.3 is 0 Å². The molecule has 0 aromatic heterocycles. The first-order valence-corrected chi connectivity index (χ1v) is 7.71. The molecule has 0 bridgehead atoms. The summed E-state index contributed by atoms with van der Waals surface area (Å²) in [6, 6.07) is 12.9. The van der Waals surface area contributed by atoms with Crippen molar-refractivity contribution in [3.05, 3.63) is 71.0 Å². The molecule has 0 saturated carbocycles. The predicted molar refractivity (Wildman–Crippen MR) is 90.0 cm³/mol. The van der Waals surface area contributed by atoms with Crippen LogP contribution in [0.2, 0.25) is 0 Å². The summed E-state index contributed by atoms with van der Waals surface area (Å²) >= 11 is 0. The first-order valence-electron chi connectivity index (χ1n) is 7.71. The van der Waals surface area contributed by atoms with Gasteiger partial charge in [-0.2, -0.15) is 0 Å². The van der Waals surface area contributed by atoms with Gasteiger partial charge in [-0.15, -0.1) is 0 Å². The van der Waals surface area contributed by atoms with Crippen LogP contribution >= 0.6 is 0 Å². The highest BCUT2D eigenvalue weighted by molar-refractivity contribution is 5.94. The highest BCUT2D eigenvalue weighted by Crippen LogP contribution is 2.06. The summed E-state index contributed by atoms with van der Waals surface area (Å²) in [4.78, 5) is 23.7. The van der Waals surface area contributed by atoms with Gasteiger partial charge in [-0.1, -0.05) is 24.3 Å². The summed E-state index contributed by atoms with van der Waals surface area (Å²) < 4.78 is 13.4. The van der Waals surface area contributed by atoms with Gasteiger partial charge in [0, 0.05) is 25.2 Å². The normalized spacial score (nSPS) is 10.2. The first-order chi connectivity index (χ1) is 11.6. The van der Waals surface area contributed by atoms with E-state index in [1.165, 1.54) is 18.2 Å². The number of benzene rings is 2. The molecular weight excluding hydrogens is 309 g/mol. The third kappa shape index (κ3) is 4.89. The topological polar surface area (TPSA) is 84.2 Å². The van der Waals surface area contributed by atoms with Crippen molar-refractivity contribution in [3.63, 3.8) is 0 Å². The van der Waals surface area contributed by atoms with E-state index in [9.17, 15) is 14.0 Å². The number of nitrogens with one attached hydrogen (secondary N) is 2. The van der Waals surface area contributed by atoms with Gasteiger partial charge in [0.2, 0.25) is 0 Å². The number of carbonyl (C=O) groups excluding carboxylic acids is 2. The van der Waals surface area contributed by atoms with Crippen LogP contribution < -0.4 is 16.4 Å². The van der Waals surface area contributed by atoms with E-state index in [-0.39, 0.29) is 11.5 Å². The fourth-order valence-corrected chi connectivity index (χ4v) is 2.13. The van der Waals surface area contributed by atoms with Crippen molar-refractivity contribution in [2.75, 3.05) is 13.1 Å². The zero-order chi connectivity index (χ0) is 17.4. The van der Waals surface area contributed by atoms with Crippen LogP contribution in [-0.2, 0) is 6.54 Å². The summed E-state index contributed by atoms with van der Waals surface area (Å²) in [5.41, 5.74) is 7.04. The summed E-state index contributed by atoms with van der Waals surface area (Å²) in [5.74, 6) is -1.19. The molecule has 0 aliphatic heterocycles. The molecule has 0 aliphatic carbocycles. The molecule has 2 aromatic carbocycles. The maximum absolute atomic E-state index is 13.4. The molecule has 24 heavy (non-hydrogen) atoms. The molecule has 6 heteroatoms. The van der Waals surface area contributed by atoms with Crippen molar-refractivity contribution in [3.8, 4) is 0 Å². The van der Waals surface area contributed by atoms with Gasteiger partial charge in [0.05, 0.1) is 5.56 Å². The minimum atomic E-state index is -0.552. The lowest BCUT2D eigenvalue weighted by molar-refractivity contribution is 0.0949. The van der Waals surface area contributed by atoms with Crippen molar-refractivity contribution in [1.29, 1.82) is 0 Å². The van der Waals surface area contributed by atoms with Crippen molar-refractivity contribution in [1.82, 2.24) is 10.6 Å². The predicted octanol–water partition coefficient (Wildman–Crippen LogP) is 1.83. The summed E-state index contributed by atoms with van der Waals surface area (Å²) in [6.45, 7) is 1.19. The van der Waals surface area contributed by atoms with E-state index in [0.717, 1.165) is 5.56 Å². The number of amides is 2. The first kappa shape index (κ1) is 17.6. The van der Waals surface area contributed by atoms with Crippen LogP contribution in [0.5, 0.6) is 0 Å². The molecule has 0 fully saturated rings. The molecule has 0 aliphatic rings. The minimum Gasteiger partial charge on any atom is -0.352 e. The Morgan fingerprint density at radius 3 is 2.17 bits per heavy atom. The highest BCUT2D eigenvalue weighted by Gasteiger charge is 2.09. The number of hydrogen-bond donors (Lipinski definition) is 3. The highest BCUT2D eigenvalue weighted by atomic mass is 19.1. The van der Waals surface area contributed by atoms with E-state index < -0.39 is 11.7 Å². The smallest absolute Gasteiger partial charge is 0.254 e. The van der Waals surface area contributed by atoms with Crippen molar-refractivity contribution in [2.45, 2.75) is 13.0 Å². The molecule has 0 saturated heterocycles. The maximum atomic E-state index is 13.4. The molecular formula is C18H20FN3O2. The van der Waals surface area contributed by atoms with Crippen LogP contribution in [-0.4, -0.2) is 24.9 Å². The van der Waals surface area contributed by atoms with Crippen LogP contribution in [0.15, 0.2) is 48.5 Å². The minimum absolute atomic E-state index is 0.0153. The van der Waals surface area contributed by atoms with Crippen LogP contribution in [0.3, 0.4) is 0 Å². The summed E-state index contributed by atoms with van der Waals surface area (Å²) in [7, 11) is 0. The Morgan fingerprint density at radius 2 is 1.54 bits per heavy atom. The lowest BCUT2D eigenvalue weighted by atomic mass is 10.1. The average molecular weight is 329 g/mol. The second-order valence-electron chi connectivity index (χ2n) is 5.25. The van der Waals surface area contributed by atoms with Gasteiger partial charge in [-0.05, 0) is 36.2 Å². The molecule has 0 atom stereocenters. The average Bonchev–Trinajstić information content (AvgIpc) is 2.61. The lowest BCUT2D eigenvalue weighted by Crippen LogP contribution is -2.30. The number of nitrogens with two attached hydrogens (primary N) is 1. The van der Waals surface area contributed by atoms with Crippen molar-refractivity contribution >= 4 is 11.8 Å². The van der Waals surface area contributed by atoms with E-state index in [1.807, 2.05) is 12.1 Å². The number of hydrogen-bond acceptors (Lipinski definition) is 3. The van der Waals surface area contributed by atoms with Crippen molar-refractivity contribution in [2.24, 2.45) is 5.73 Å². The van der Waals surface area contributed by atoms with Gasteiger partial charge in [-0.25, -0.2) is 4.39 Å². The largest absolute Gasteiger partial charge is 0.352 e. The van der Waals surface area contributed by atoms with E-state index >= 15 is 0 Å². The zero-order valence-electron chi connectivity index (χ0n) is 13.2. The molecule has 4 N–H and O–H groups in total. The second kappa shape index (κ2) is 8.79. The van der Waals surface area contributed by atoms with Gasteiger partial charge in [-0.3, -0.25) is 9.59 Å². The SMILES string of the molecule is NCc1ccc(C(=O)NCCCNC(=O)c2ccccc2F)cc1. The zero-order valence-corrected chi connectivity index (χ0v) is 13.2. The Hall–Kier alpha value is -2.73. The van der Waals surface area contributed by atoms with Gasteiger partial charge in [0.25, 0.3) is 11.8 Å². The Bertz CT molecular complexity index is 702. The van der Waals surface area contributed by atoms with E-state index in [2.05, 4.69) is 10.6 Å². The van der Waals surface area contributed by atoms with E-state index in [4.69, 9.17) is 5.73 Å². The third-order valence-corrected chi connectivity index (χ3v) is 3.49. The number of carbonyl (C=O) groups is 2. The van der Waals surface area contributed by atoms with Crippen LogP contribution in [0.1, 0.15) is 32.7 Å². The Morgan fingerprint density at radius 1 is 0.917 bits per heavy atom. The molecule has 0 radical (unpaired) electrons. The Balaban J connectivity index is 1.70. The molecule has 2 rings (SSSR count). The number of rotatable bonds is 7.